The van der Waals surface area contributed by atoms with Crippen LogP contribution in [0.2, 0.25) is 0 Å². The maximum atomic E-state index is 11.2. The van der Waals surface area contributed by atoms with Crippen molar-refractivity contribution in [3.63, 3.8) is 0 Å². The fraction of sp³-hybridized carbons (Fsp3) is 0.778. The normalized spacial score (nSPS) is 26.7. The van der Waals surface area contributed by atoms with Crippen molar-refractivity contribution in [1.82, 2.24) is 5.32 Å². The standard InChI is InChI=1S/C9H15NO5/c1-5(15-4-14-2)8-6(3-7(11)12)10-9(8)13/h5-6,8H,3-4H2,1-2H3,(H,10,13)(H,11,12)/t5-,6+,8-/m1/s1. The summed E-state index contributed by atoms with van der Waals surface area (Å²) in [5, 5.41) is 11.1. The lowest BCUT2D eigenvalue weighted by Gasteiger charge is -2.39. The van der Waals surface area contributed by atoms with Crippen LogP contribution in [-0.2, 0) is 19.1 Å². The van der Waals surface area contributed by atoms with Crippen molar-refractivity contribution in [3.8, 4) is 0 Å². The van der Waals surface area contributed by atoms with Crippen LogP contribution >= 0.6 is 0 Å². The van der Waals surface area contributed by atoms with E-state index < -0.39 is 11.9 Å². The number of nitrogens with one attached hydrogen (secondary N) is 1. The second-order valence-electron chi connectivity index (χ2n) is 3.52. The third kappa shape index (κ3) is 2.90. The molecule has 0 aromatic carbocycles. The third-order valence-corrected chi connectivity index (χ3v) is 2.41. The smallest absolute Gasteiger partial charge is 0.305 e. The number of carboxylic acids is 1. The molecular weight excluding hydrogens is 202 g/mol. The number of methoxy groups -OCH3 is 1. The van der Waals surface area contributed by atoms with Crippen molar-refractivity contribution in [1.29, 1.82) is 0 Å². The van der Waals surface area contributed by atoms with Gasteiger partial charge >= 0.3 is 5.97 Å². The van der Waals surface area contributed by atoms with Gasteiger partial charge in [0.2, 0.25) is 5.91 Å². The van der Waals surface area contributed by atoms with Gasteiger partial charge in [0.15, 0.2) is 0 Å². The van der Waals surface area contributed by atoms with Crippen LogP contribution in [0, 0.1) is 5.92 Å². The number of amides is 1. The molecule has 86 valence electrons. The molecule has 15 heavy (non-hydrogen) atoms. The first-order chi connectivity index (χ1) is 7.06. The molecule has 1 fully saturated rings. The number of ether oxygens (including phenoxy) is 2. The summed E-state index contributed by atoms with van der Waals surface area (Å²) >= 11 is 0. The lowest BCUT2D eigenvalue weighted by Crippen LogP contribution is -2.62. The van der Waals surface area contributed by atoms with Gasteiger partial charge in [0.25, 0.3) is 0 Å². The van der Waals surface area contributed by atoms with Crippen molar-refractivity contribution in [3.05, 3.63) is 0 Å². The van der Waals surface area contributed by atoms with E-state index in [2.05, 4.69) is 5.32 Å². The molecule has 2 N–H and O–H groups in total. The average molecular weight is 217 g/mol. The predicted octanol–water partition coefficient (Wildman–Crippen LogP) is -0.415. The third-order valence-electron chi connectivity index (χ3n) is 2.41. The van der Waals surface area contributed by atoms with Crippen molar-refractivity contribution in [2.45, 2.75) is 25.5 Å². The molecule has 6 nitrogen and oxygen atoms in total. The highest BCUT2D eigenvalue weighted by molar-refractivity contribution is 5.88. The maximum Gasteiger partial charge on any atom is 0.305 e. The summed E-state index contributed by atoms with van der Waals surface area (Å²) in [4.78, 5) is 21.7. The van der Waals surface area contributed by atoms with E-state index in [1.807, 2.05) is 0 Å². The molecule has 3 atom stereocenters. The maximum absolute atomic E-state index is 11.2. The number of hydrogen-bond acceptors (Lipinski definition) is 4. The Hall–Kier alpha value is -1.14. The largest absolute Gasteiger partial charge is 0.481 e. The topological polar surface area (TPSA) is 84.9 Å². The van der Waals surface area contributed by atoms with Crippen LogP contribution in [0.1, 0.15) is 13.3 Å². The summed E-state index contributed by atoms with van der Waals surface area (Å²) in [6.45, 7) is 1.84. The van der Waals surface area contributed by atoms with Gasteiger partial charge in [-0.25, -0.2) is 0 Å². The van der Waals surface area contributed by atoms with Gasteiger partial charge in [-0.2, -0.15) is 0 Å². The monoisotopic (exact) mass is 217 g/mol. The zero-order valence-electron chi connectivity index (χ0n) is 8.73. The van der Waals surface area contributed by atoms with E-state index in [0.717, 1.165) is 0 Å². The SMILES string of the molecule is COCO[C@H](C)[C@H]1C(=O)N[C@H]1CC(=O)O. The fourth-order valence-electron chi connectivity index (χ4n) is 1.64. The van der Waals surface area contributed by atoms with Crippen LogP contribution < -0.4 is 5.32 Å². The van der Waals surface area contributed by atoms with Gasteiger partial charge in [0, 0.05) is 7.11 Å². The molecule has 1 saturated heterocycles. The molecule has 0 spiro atoms. The van der Waals surface area contributed by atoms with Crippen LogP contribution in [0.25, 0.3) is 0 Å². The highest BCUT2D eigenvalue weighted by atomic mass is 16.7. The van der Waals surface area contributed by atoms with E-state index in [1.165, 1.54) is 7.11 Å². The zero-order valence-corrected chi connectivity index (χ0v) is 8.73. The molecule has 6 heteroatoms. The van der Waals surface area contributed by atoms with Gasteiger partial charge in [-0.1, -0.05) is 0 Å². The van der Waals surface area contributed by atoms with Crippen molar-refractivity contribution < 1.29 is 24.2 Å². The van der Waals surface area contributed by atoms with E-state index in [9.17, 15) is 9.59 Å². The van der Waals surface area contributed by atoms with E-state index in [-0.39, 0.29) is 31.3 Å². The van der Waals surface area contributed by atoms with Crippen LogP contribution in [0.5, 0.6) is 0 Å². The molecule has 0 bridgehead atoms. The second-order valence-corrected chi connectivity index (χ2v) is 3.52. The Morgan fingerprint density at radius 3 is 2.80 bits per heavy atom. The molecule has 1 rings (SSSR count). The predicted molar refractivity (Wildman–Crippen MR) is 50.1 cm³/mol. The van der Waals surface area contributed by atoms with Gasteiger partial charge in [-0.15, -0.1) is 0 Å². The van der Waals surface area contributed by atoms with Gasteiger partial charge in [0.05, 0.1) is 24.5 Å². The Bertz CT molecular complexity index is 255. The number of aliphatic carboxylic acids is 1. The van der Waals surface area contributed by atoms with Crippen LogP contribution in [0.15, 0.2) is 0 Å². The van der Waals surface area contributed by atoms with E-state index >= 15 is 0 Å². The summed E-state index contributed by atoms with van der Waals surface area (Å²) in [6, 6.07) is -0.332. The summed E-state index contributed by atoms with van der Waals surface area (Å²) < 4.78 is 9.91. The minimum atomic E-state index is -0.927. The molecule has 0 aliphatic carbocycles. The lowest BCUT2D eigenvalue weighted by molar-refractivity contribution is -0.154. The molecule has 1 aliphatic heterocycles. The first-order valence-electron chi connectivity index (χ1n) is 4.69. The van der Waals surface area contributed by atoms with E-state index in [0.29, 0.717) is 0 Å². The molecule has 0 unspecified atom stereocenters. The average Bonchev–Trinajstić information content (AvgIpc) is 2.12. The van der Waals surface area contributed by atoms with Gasteiger partial charge in [0.1, 0.15) is 6.79 Å². The van der Waals surface area contributed by atoms with E-state index in [4.69, 9.17) is 14.6 Å². The van der Waals surface area contributed by atoms with E-state index in [1.54, 1.807) is 6.92 Å². The highest BCUT2D eigenvalue weighted by Gasteiger charge is 2.44. The first kappa shape index (κ1) is 11.9. The number of rotatable bonds is 6. The molecule has 1 heterocycles. The lowest BCUT2D eigenvalue weighted by atomic mass is 9.84. The van der Waals surface area contributed by atoms with Crippen molar-refractivity contribution >= 4 is 11.9 Å². The summed E-state index contributed by atoms with van der Waals surface area (Å²) in [7, 11) is 1.49. The molecule has 1 aliphatic rings. The quantitative estimate of drug-likeness (QED) is 0.466. The molecule has 0 radical (unpaired) electrons. The van der Waals surface area contributed by atoms with Gasteiger partial charge < -0.3 is 19.9 Å². The Labute approximate surface area is 87.5 Å². The Morgan fingerprint density at radius 2 is 2.33 bits per heavy atom. The van der Waals surface area contributed by atoms with Gasteiger partial charge in [-0.05, 0) is 6.92 Å². The number of carbonyl (C=O) groups is 2. The summed E-state index contributed by atoms with van der Waals surface area (Å²) in [5.41, 5.74) is 0. The van der Waals surface area contributed by atoms with Crippen LogP contribution in [0.4, 0.5) is 0 Å². The van der Waals surface area contributed by atoms with Crippen LogP contribution in [-0.4, -0.2) is 43.0 Å². The zero-order chi connectivity index (χ0) is 11.4. The number of β-lactam (4-membered cyclic amide) rings is 1. The fourth-order valence-corrected chi connectivity index (χ4v) is 1.64. The highest BCUT2D eigenvalue weighted by Crippen LogP contribution is 2.23. The first-order valence-corrected chi connectivity index (χ1v) is 4.69. The number of carbonyl (C=O) groups excluding carboxylic acids is 1. The molecule has 0 aromatic heterocycles. The number of carboxylic acid groups (broad SMARTS) is 1. The van der Waals surface area contributed by atoms with Crippen molar-refractivity contribution in [2.24, 2.45) is 5.92 Å². The molecule has 0 aromatic rings. The molecular formula is C9H15NO5. The van der Waals surface area contributed by atoms with Gasteiger partial charge in [-0.3, -0.25) is 9.59 Å². The molecule has 0 saturated carbocycles. The summed E-state index contributed by atoms with van der Waals surface area (Å²) in [6.07, 6.45) is -0.403. The Morgan fingerprint density at radius 1 is 1.67 bits per heavy atom. The summed E-state index contributed by atoms with van der Waals surface area (Å²) in [5.74, 6) is -1.48. The van der Waals surface area contributed by atoms with Crippen molar-refractivity contribution in [2.75, 3.05) is 13.9 Å². The number of hydrogen-bond donors (Lipinski definition) is 2. The Balaban J connectivity index is 2.43. The van der Waals surface area contributed by atoms with Crippen LogP contribution in [0.3, 0.4) is 0 Å². The minimum Gasteiger partial charge on any atom is -0.481 e. The molecule has 1 amide bonds. The Kier molecular flexibility index (Phi) is 4.05. The minimum absolute atomic E-state index is 0.0723. The second kappa shape index (κ2) is 5.09.